The zero-order chi connectivity index (χ0) is 22.3. The van der Waals surface area contributed by atoms with Gasteiger partial charge in [-0.2, -0.15) is 0 Å². The quantitative estimate of drug-likeness (QED) is 0.429. The van der Waals surface area contributed by atoms with Crippen molar-refractivity contribution in [1.82, 2.24) is 5.32 Å². The number of nitrogens with one attached hydrogen (secondary N) is 1. The molecule has 0 spiro atoms. The molecule has 2 atom stereocenters. The Morgan fingerprint density at radius 2 is 1.60 bits per heavy atom. The van der Waals surface area contributed by atoms with Crippen molar-refractivity contribution in [2.75, 3.05) is 0 Å². The largest absolute Gasteiger partial charge is 0.480 e. The van der Waals surface area contributed by atoms with Crippen molar-refractivity contribution in [3.8, 4) is 11.5 Å². The fourth-order valence-corrected chi connectivity index (χ4v) is 3.56. The van der Waals surface area contributed by atoms with Gasteiger partial charge in [0.25, 0.3) is 0 Å². The third-order valence-corrected chi connectivity index (χ3v) is 4.88. The number of carbonyl (C=O) groups is 2. The van der Waals surface area contributed by atoms with E-state index in [2.05, 4.69) is 5.32 Å². The van der Waals surface area contributed by atoms with Crippen LogP contribution in [-0.4, -0.2) is 34.2 Å². The highest BCUT2D eigenvalue weighted by Gasteiger charge is 2.26. The van der Waals surface area contributed by atoms with E-state index in [1.807, 2.05) is 26.0 Å². The summed E-state index contributed by atoms with van der Waals surface area (Å²) >= 11 is 12.0. The third kappa shape index (κ3) is 7.52. The second-order valence-electron chi connectivity index (χ2n) is 7.43. The Morgan fingerprint density at radius 1 is 1.00 bits per heavy atom. The molecule has 2 aromatic carbocycles. The summed E-state index contributed by atoms with van der Waals surface area (Å²) in [6.45, 7) is 3.78. The predicted molar refractivity (Wildman–Crippen MR) is 117 cm³/mol. The van der Waals surface area contributed by atoms with Gasteiger partial charge >= 0.3 is 11.9 Å². The van der Waals surface area contributed by atoms with Crippen LogP contribution in [-0.2, 0) is 16.0 Å². The highest BCUT2D eigenvalue weighted by molar-refractivity contribution is 6.34. The highest BCUT2D eigenvalue weighted by atomic mass is 35.5. The number of benzene rings is 2. The Hall–Kier alpha value is -2.28. The number of para-hydroxylation sites is 1. The molecule has 0 aliphatic rings. The number of hydrogen-bond acceptors (Lipinski definition) is 4. The molecular formula is C22H25Cl2NO5. The molecule has 0 saturated heterocycles. The number of carboxylic acid groups (broad SMARTS) is 2. The summed E-state index contributed by atoms with van der Waals surface area (Å²) in [5, 5.41) is 22.6. The van der Waals surface area contributed by atoms with Crippen LogP contribution in [0.4, 0.5) is 0 Å². The molecule has 162 valence electrons. The average Bonchev–Trinajstić information content (AvgIpc) is 2.63. The first-order valence-electron chi connectivity index (χ1n) is 9.59. The smallest absolute Gasteiger partial charge is 0.320 e. The molecule has 0 fully saturated rings. The molecule has 0 aromatic heterocycles. The van der Waals surface area contributed by atoms with Crippen LogP contribution in [0.3, 0.4) is 0 Å². The standard InChI is InChI=1S/C22H25Cl2NO5/c1-13(2)9-19(22(28)29)25-18(21(26)27)8-7-14-5-3-4-6-20(14)30-17-11-15(23)10-16(24)12-17/h3-6,10-13,18-19,25H,7-9H2,1-2H3,(H,26,27)(H,28,29)/t18-,19-/m0/s1. The minimum Gasteiger partial charge on any atom is -0.480 e. The fraction of sp³-hybridized carbons (Fsp3) is 0.364. The molecule has 0 radical (unpaired) electrons. The molecule has 0 saturated carbocycles. The van der Waals surface area contributed by atoms with Crippen LogP contribution in [0, 0.1) is 5.92 Å². The van der Waals surface area contributed by atoms with Gasteiger partial charge in [-0.3, -0.25) is 14.9 Å². The van der Waals surface area contributed by atoms with Crippen molar-refractivity contribution in [3.05, 3.63) is 58.1 Å². The number of rotatable bonds is 11. The summed E-state index contributed by atoms with van der Waals surface area (Å²) in [6, 6.07) is 10.2. The van der Waals surface area contributed by atoms with Gasteiger partial charge in [0.1, 0.15) is 23.6 Å². The Balaban J connectivity index is 2.12. The maximum Gasteiger partial charge on any atom is 0.320 e. The van der Waals surface area contributed by atoms with Gasteiger partial charge in [-0.1, -0.05) is 55.2 Å². The number of aryl methyl sites for hydroxylation is 1. The van der Waals surface area contributed by atoms with Crippen molar-refractivity contribution < 1.29 is 24.5 Å². The Kier molecular flexibility index (Phi) is 8.96. The lowest BCUT2D eigenvalue weighted by Crippen LogP contribution is -2.48. The molecule has 8 heteroatoms. The summed E-state index contributed by atoms with van der Waals surface area (Å²) in [5.41, 5.74) is 0.789. The first-order valence-corrected chi connectivity index (χ1v) is 10.3. The van der Waals surface area contributed by atoms with Crippen LogP contribution < -0.4 is 10.1 Å². The van der Waals surface area contributed by atoms with Crippen molar-refractivity contribution in [3.63, 3.8) is 0 Å². The summed E-state index contributed by atoms with van der Waals surface area (Å²) in [5.74, 6) is -1.01. The first kappa shape index (κ1) is 24.0. The molecule has 0 heterocycles. The van der Waals surface area contributed by atoms with E-state index < -0.39 is 24.0 Å². The molecule has 0 amide bonds. The maximum absolute atomic E-state index is 11.7. The molecule has 30 heavy (non-hydrogen) atoms. The van der Waals surface area contributed by atoms with Crippen LogP contribution in [0.1, 0.15) is 32.3 Å². The second-order valence-corrected chi connectivity index (χ2v) is 8.30. The minimum atomic E-state index is -1.09. The van der Waals surface area contributed by atoms with Gasteiger partial charge in [0.15, 0.2) is 0 Å². The molecule has 3 N–H and O–H groups in total. The molecule has 2 rings (SSSR count). The van der Waals surface area contributed by atoms with Crippen LogP contribution in [0.5, 0.6) is 11.5 Å². The lowest BCUT2D eigenvalue weighted by molar-refractivity contribution is -0.143. The maximum atomic E-state index is 11.7. The van der Waals surface area contributed by atoms with Crippen LogP contribution in [0.2, 0.25) is 10.0 Å². The number of aliphatic carboxylic acids is 2. The van der Waals surface area contributed by atoms with Gasteiger partial charge in [-0.25, -0.2) is 0 Å². The monoisotopic (exact) mass is 453 g/mol. The summed E-state index contributed by atoms with van der Waals surface area (Å²) in [4.78, 5) is 23.2. The average molecular weight is 454 g/mol. The van der Waals surface area contributed by atoms with Crippen LogP contribution in [0.15, 0.2) is 42.5 Å². The minimum absolute atomic E-state index is 0.117. The van der Waals surface area contributed by atoms with Crippen LogP contribution in [0.25, 0.3) is 0 Å². The fourth-order valence-electron chi connectivity index (χ4n) is 3.06. The summed E-state index contributed by atoms with van der Waals surface area (Å²) < 4.78 is 5.91. The Morgan fingerprint density at radius 3 is 2.17 bits per heavy atom. The van der Waals surface area contributed by atoms with E-state index in [9.17, 15) is 19.8 Å². The second kappa shape index (κ2) is 11.2. The van der Waals surface area contributed by atoms with Gasteiger partial charge in [0.2, 0.25) is 0 Å². The van der Waals surface area contributed by atoms with E-state index >= 15 is 0 Å². The number of hydrogen-bond donors (Lipinski definition) is 3. The lowest BCUT2D eigenvalue weighted by atomic mass is 10.00. The van der Waals surface area contributed by atoms with E-state index in [0.717, 1.165) is 5.56 Å². The van der Waals surface area contributed by atoms with Crippen molar-refractivity contribution in [2.24, 2.45) is 5.92 Å². The third-order valence-electron chi connectivity index (χ3n) is 4.44. The SMILES string of the molecule is CC(C)C[C@H](N[C@@H](CCc1ccccc1Oc1cc(Cl)cc(Cl)c1)C(=O)O)C(=O)O. The van der Waals surface area contributed by atoms with E-state index in [4.69, 9.17) is 27.9 Å². The molecular weight excluding hydrogens is 429 g/mol. The molecule has 0 bridgehead atoms. The van der Waals surface area contributed by atoms with Gasteiger partial charge in [-0.15, -0.1) is 0 Å². The van der Waals surface area contributed by atoms with E-state index in [0.29, 0.717) is 34.4 Å². The van der Waals surface area contributed by atoms with Crippen LogP contribution >= 0.6 is 23.2 Å². The normalized spacial score (nSPS) is 13.1. The van der Waals surface area contributed by atoms with Gasteiger partial charge in [0, 0.05) is 10.0 Å². The highest BCUT2D eigenvalue weighted by Crippen LogP contribution is 2.30. The molecule has 0 unspecified atom stereocenters. The van der Waals surface area contributed by atoms with Gasteiger partial charge < -0.3 is 14.9 Å². The van der Waals surface area contributed by atoms with Crippen molar-refractivity contribution >= 4 is 35.1 Å². The molecule has 6 nitrogen and oxygen atoms in total. The van der Waals surface area contributed by atoms with Gasteiger partial charge in [0.05, 0.1) is 0 Å². The van der Waals surface area contributed by atoms with Crippen molar-refractivity contribution in [2.45, 2.75) is 45.2 Å². The number of halogens is 2. The predicted octanol–water partition coefficient (Wildman–Crippen LogP) is 5.26. The summed E-state index contributed by atoms with van der Waals surface area (Å²) in [7, 11) is 0. The Labute approximate surface area is 185 Å². The van der Waals surface area contributed by atoms with Gasteiger partial charge in [-0.05, 0) is 55.0 Å². The molecule has 2 aromatic rings. The van der Waals surface area contributed by atoms with E-state index in [1.54, 1.807) is 30.3 Å². The summed E-state index contributed by atoms with van der Waals surface area (Å²) in [6.07, 6.45) is 0.921. The molecule has 0 aliphatic carbocycles. The van der Waals surface area contributed by atoms with E-state index in [1.165, 1.54) is 0 Å². The zero-order valence-corrected chi connectivity index (χ0v) is 18.3. The zero-order valence-electron chi connectivity index (χ0n) is 16.8. The Bertz CT molecular complexity index is 867. The number of carboxylic acids is 2. The van der Waals surface area contributed by atoms with E-state index in [-0.39, 0.29) is 12.3 Å². The molecule has 0 aliphatic heterocycles. The lowest BCUT2D eigenvalue weighted by Gasteiger charge is -2.22. The topological polar surface area (TPSA) is 95.9 Å². The van der Waals surface area contributed by atoms with Crippen molar-refractivity contribution in [1.29, 1.82) is 0 Å². The first-order chi connectivity index (χ1) is 14.2. The number of ether oxygens (including phenoxy) is 1.